The lowest BCUT2D eigenvalue weighted by molar-refractivity contribution is -0.116. The van der Waals surface area contributed by atoms with E-state index in [1.807, 2.05) is 0 Å². The zero-order valence-electron chi connectivity index (χ0n) is 8.96. The number of hydrogen-bond donors (Lipinski definition) is 1. The minimum absolute atomic E-state index is 0.0742. The maximum absolute atomic E-state index is 11.8. The van der Waals surface area contributed by atoms with Gasteiger partial charge in [0.25, 0.3) is 0 Å². The van der Waals surface area contributed by atoms with E-state index in [-0.39, 0.29) is 12.3 Å². The van der Waals surface area contributed by atoms with Crippen LogP contribution >= 0.6 is 0 Å². The highest BCUT2D eigenvalue weighted by Crippen LogP contribution is 2.17. The van der Waals surface area contributed by atoms with E-state index < -0.39 is 15.9 Å². The first-order valence-electron chi connectivity index (χ1n) is 4.81. The number of sulfonamides is 1. The Bertz CT molecular complexity index is 456. The lowest BCUT2D eigenvalue weighted by Gasteiger charge is -2.22. The monoisotopic (exact) mass is 242 g/mol. The molecule has 0 aliphatic rings. The molecular weight excluding hydrogens is 228 g/mol. The highest BCUT2D eigenvalue weighted by atomic mass is 32.2. The van der Waals surface area contributed by atoms with E-state index >= 15 is 0 Å². The molecule has 1 amide bonds. The van der Waals surface area contributed by atoms with Crippen LogP contribution < -0.4 is 10.0 Å². The van der Waals surface area contributed by atoms with Crippen molar-refractivity contribution in [3.63, 3.8) is 0 Å². The quantitative estimate of drug-likeness (QED) is 0.807. The maximum Gasteiger partial charge on any atom is 0.238 e. The Balaban J connectivity index is 3.12. The number of nitrogens with two attached hydrogens (primary N) is 1. The highest BCUT2D eigenvalue weighted by molar-refractivity contribution is 7.92. The molecule has 0 aromatic heterocycles. The number of carbonyl (C=O) groups is 1. The number of primary amides is 1. The van der Waals surface area contributed by atoms with Crippen molar-refractivity contribution in [3.05, 3.63) is 30.3 Å². The lowest BCUT2D eigenvalue weighted by Crippen LogP contribution is -2.39. The second kappa shape index (κ2) is 4.98. The molecule has 0 radical (unpaired) electrons. The van der Waals surface area contributed by atoms with Crippen molar-refractivity contribution < 1.29 is 13.2 Å². The van der Waals surface area contributed by atoms with Crippen LogP contribution in [0.5, 0.6) is 0 Å². The van der Waals surface area contributed by atoms with E-state index in [9.17, 15) is 13.2 Å². The van der Waals surface area contributed by atoms with Gasteiger partial charge in [-0.3, -0.25) is 9.10 Å². The molecule has 88 valence electrons. The Morgan fingerprint density at radius 3 is 2.31 bits per heavy atom. The smallest absolute Gasteiger partial charge is 0.238 e. The average molecular weight is 242 g/mol. The first kappa shape index (κ1) is 12.5. The van der Waals surface area contributed by atoms with Gasteiger partial charge in [-0.1, -0.05) is 18.2 Å². The molecule has 0 fully saturated rings. The van der Waals surface area contributed by atoms with E-state index in [4.69, 9.17) is 5.73 Å². The molecule has 0 saturated carbocycles. The third kappa shape index (κ3) is 2.96. The van der Waals surface area contributed by atoms with Crippen LogP contribution in [0.25, 0.3) is 0 Å². The molecule has 0 unspecified atom stereocenters. The van der Waals surface area contributed by atoms with Crippen molar-refractivity contribution in [1.29, 1.82) is 0 Å². The number of carbonyl (C=O) groups excluding carboxylic acids is 1. The summed E-state index contributed by atoms with van der Waals surface area (Å²) in [6, 6.07) is 8.42. The predicted octanol–water partition coefficient (Wildman–Crippen LogP) is 0.328. The van der Waals surface area contributed by atoms with Gasteiger partial charge in [0.05, 0.1) is 11.4 Å². The van der Waals surface area contributed by atoms with Crippen molar-refractivity contribution in [1.82, 2.24) is 0 Å². The molecule has 0 bridgehead atoms. The summed E-state index contributed by atoms with van der Waals surface area (Å²) in [6.45, 7) is 1.19. The van der Waals surface area contributed by atoms with Crippen molar-refractivity contribution in [2.24, 2.45) is 5.73 Å². The number of amides is 1. The van der Waals surface area contributed by atoms with Gasteiger partial charge in [0.2, 0.25) is 15.9 Å². The summed E-state index contributed by atoms with van der Waals surface area (Å²) in [5, 5.41) is 0. The third-order valence-corrected chi connectivity index (χ3v) is 3.79. The lowest BCUT2D eigenvalue weighted by atomic mass is 10.3. The largest absolute Gasteiger partial charge is 0.368 e. The fourth-order valence-corrected chi connectivity index (χ4v) is 2.32. The molecule has 1 aromatic carbocycles. The van der Waals surface area contributed by atoms with E-state index in [0.29, 0.717) is 5.69 Å². The molecule has 0 saturated heterocycles. The summed E-state index contributed by atoms with van der Waals surface area (Å²) in [4.78, 5) is 10.9. The number of nitrogens with zero attached hydrogens (tertiary/aromatic N) is 1. The summed E-state index contributed by atoms with van der Waals surface area (Å²) in [6.07, 6.45) is 0. The SMILES string of the molecule is CCS(=O)(=O)N(CC(N)=O)c1ccccc1. The number of benzene rings is 1. The molecule has 0 spiro atoms. The molecule has 0 aliphatic heterocycles. The van der Waals surface area contributed by atoms with Crippen LogP contribution in [0, 0.1) is 0 Å². The van der Waals surface area contributed by atoms with Crippen molar-refractivity contribution >= 4 is 21.6 Å². The van der Waals surface area contributed by atoms with E-state index in [0.717, 1.165) is 4.31 Å². The molecule has 2 N–H and O–H groups in total. The molecule has 1 aromatic rings. The second-order valence-electron chi connectivity index (χ2n) is 3.21. The first-order valence-corrected chi connectivity index (χ1v) is 6.42. The van der Waals surface area contributed by atoms with E-state index in [1.165, 1.54) is 6.92 Å². The molecule has 0 aliphatic carbocycles. The fourth-order valence-electron chi connectivity index (χ4n) is 1.24. The standard InChI is InChI=1S/C10H14N2O3S/c1-2-16(14,15)12(8-10(11)13)9-6-4-3-5-7-9/h3-7H,2,8H2,1H3,(H2,11,13). The Hall–Kier alpha value is -1.56. The Labute approximate surface area is 94.9 Å². The van der Waals surface area contributed by atoms with Gasteiger partial charge in [-0.05, 0) is 19.1 Å². The van der Waals surface area contributed by atoms with Gasteiger partial charge >= 0.3 is 0 Å². The third-order valence-electron chi connectivity index (χ3n) is 2.04. The van der Waals surface area contributed by atoms with Gasteiger partial charge in [0, 0.05) is 0 Å². The molecule has 6 heteroatoms. The molecule has 0 heterocycles. The molecule has 1 rings (SSSR count). The van der Waals surface area contributed by atoms with Crippen LogP contribution in [-0.2, 0) is 14.8 Å². The number of hydrogen-bond acceptors (Lipinski definition) is 3. The van der Waals surface area contributed by atoms with Crippen molar-refractivity contribution in [3.8, 4) is 0 Å². The topological polar surface area (TPSA) is 80.5 Å². The number of anilines is 1. The Morgan fingerprint density at radius 1 is 1.31 bits per heavy atom. The summed E-state index contributed by atoms with van der Waals surface area (Å²) in [5.41, 5.74) is 5.48. The summed E-state index contributed by atoms with van der Waals surface area (Å²) in [7, 11) is -3.48. The van der Waals surface area contributed by atoms with Gasteiger partial charge < -0.3 is 5.73 Å². The summed E-state index contributed by atoms with van der Waals surface area (Å²) >= 11 is 0. The van der Waals surface area contributed by atoms with Gasteiger partial charge in [0.1, 0.15) is 6.54 Å². The van der Waals surface area contributed by atoms with Crippen LogP contribution in [-0.4, -0.2) is 26.6 Å². The maximum atomic E-state index is 11.8. The first-order chi connectivity index (χ1) is 7.47. The zero-order chi connectivity index (χ0) is 12.2. The van der Waals surface area contributed by atoms with Crippen LogP contribution in [0.3, 0.4) is 0 Å². The summed E-state index contributed by atoms with van der Waals surface area (Å²) in [5.74, 6) is -0.754. The molecule has 0 atom stereocenters. The van der Waals surface area contributed by atoms with Crippen LogP contribution in [0.15, 0.2) is 30.3 Å². The highest BCUT2D eigenvalue weighted by Gasteiger charge is 2.21. The minimum atomic E-state index is -3.48. The average Bonchev–Trinajstić information content (AvgIpc) is 2.27. The van der Waals surface area contributed by atoms with Crippen LogP contribution in [0.2, 0.25) is 0 Å². The van der Waals surface area contributed by atoms with Crippen LogP contribution in [0.1, 0.15) is 6.92 Å². The number of para-hydroxylation sites is 1. The fraction of sp³-hybridized carbons (Fsp3) is 0.300. The Kier molecular flexibility index (Phi) is 3.89. The van der Waals surface area contributed by atoms with Crippen LogP contribution in [0.4, 0.5) is 5.69 Å². The Morgan fingerprint density at radius 2 is 1.88 bits per heavy atom. The van der Waals surface area contributed by atoms with E-state index in [1.54, 1.807) is 30.3 Å². The molecule has 5 nitrogen and oxygen atoms in total. The van der Waals surface area contributed by atoms with Crippen molar-refractivity contribution in [2.75, 3.05) is 16.6 Å². The normalized spacial score (nSPS) is 11.1. The van der Waals surface area contributed by atoms with Gasteiger partial charge in [-0.15, -0.1) is 0 Å². The van der Waals surface area contributed by atoms with Gasteiger partial charge in [-0.25, -0.2) is 8.42 Å². The number of rotatable bonds is 5. The summed E-state index contributed by atoms with van der Waals surface area (Å²) < 4.78 is 24.5. The van der Waals surface area contributed by atoms with E-state index in [2.05, 4.69) is 0 Å². The van der Waals surface area contributed by atoms with Crippen molar-refractivity contribution in [2.45, 2.75) is 6.92 Å². The van der Waals surface area contributed by atoms with Gasteiger partial charge in [-0.2, -0.15) is 0 Å². The minimum Gasteiger partial charge on any atom is -0.368 e. The molecule has 16 heavy (non-hydrogen) atoms. The zero-order valence-corrected chi connectivity index (χ0v) is 9.78. The second-order valence-corrected chi connectivity index (χ2v) is 5.39. The molecular formula is C10H14N2O3S. The predicted molar refractivity (Wildman–Crippen MR) is 62.4 cm³/mol. The van der Waals surface area contributed by atoms with Gasteiger partial charge in [0.15, 0.2) is 0 Å².